The van der Waals surface area contributed by atoms with Crippen molar-refractivity contribution in [3.8, 4) is 0 Å². The van der Waals surface area contributed by atoms with Crippen LogP contribution < -0.4 is 0 Å². The number of piperidine rings is 1. The minimum Gasteiger partial charge on any atom is -0.466 e. The highest BCUT2D eigenvalue weighted by molar-refractivity contribution is 5.70. The van der Waals surface area contributed by atoms with Gasteiger partial charge < -0.3 is 38.1 Å². The summed E-state index contributed by atoms with van der Waals surface area (Å²) < 4.78 is 40.2. The number of hydrogen-bond donors (Lipinski definition) is 0. The van der Waals surface area contributed by atoms with Crippen LogP contribution in [0.2, 0.25) is 0 Å². The van der Waals surface area contributed by atoms with Crippen LogP contribution in [0.25, 0.3) is 0 Å². The summed E-state index contributed by atoms with van der Waals surface area (Å²) in [6.45, 7) is 16.3. The van der Waals surface area contributed by atoms with Gasteiger partial charge in [-0.2, -0.15) is 0 Å². The fourth-order valence-corrected chi connectivity index (χ4v) is 8.61. The van der Waals surface area contributed by atoms with E-state index in [-0.39, 0.29) is 43.5 Å². The molecule has 0 spiro atoms. The van der Waals surface area contributed by atoms with Gasteiger partial charge in [0.25, 0.3) is 0 Å². The van der Waals surface area contributed by atoms with Crippen molar-refractivity contribution < 1.29 is 52.3 Å². The highest BCUT2D eigenvalue weighted by Gasteiger charge is 2.23. The Kier molecular flexibility index (Phi) is 44.0. The average Bonchev–Trinajstić information content (AvgIpc) is 3.35. The molecular formula is C57H103NO11. The first-order valence-corrected chi connectivity index (χ1v) is 28.3. The number of carbonyl (C=O) groups excluding carboxylic acids is 4. The zero-order chi connectivity index (χ0) is 50.3. The molecule has 0 saturated carbocycles. The number of likely N-dealkylation sites (tertiary alicyclic amines) is 1. The van der Waals surface area contributed by atoms with E-state index in [1.807, 2.05) is 0 Å². The third-order valence-corrected chi connectivity index (χ3v) is 12.9. The van der Waals surface area contributed by atoms with E-state index >= 15 is 0 Å². The predicted octanol–water partition coefficient (Wildman–Crippen LogP) is 14.4. The van der Waals surface area contributed by atoms with Gasteiger partial charge in [0.1, 0.15) is 6.10 Å². The molecule has 1 heterocycles. The topological polar surface area (TPSA) is 136 Å². The van der Waals surface area contributed by atoms with Crippen LogP contribution >= 0.6 is 0 Å². The lowest BCUT2D eigenvalue weighted by Crippen LogP contribution is -2.37. The summed E-state index contributed by atoms with van der Waals surface area (Å²) in [4.78, 5) is 53.0. The van der Waals surface area contributed by atoms with Gasteiger partial charge in [-0.1, -0.05) is 123 Å². The molecular weight excluding hydrogens is 875 g/mol. The van der Waals surface area contributed by atoms with Crippen molar-refractivity contribution in [3.05, 3.63) is 24.3 Å². The summed E-state index contributed by atoms with van der Waals surface area (Å²) in [5.41, 5.74) is 0. The van der Waals surface area contributed by atoms with Gasteiger partial charge in [0, 0.05) is 44.9 Å². The quantitative estimate of drug-likeness (QED) is 0.0189. The second-order valence-corrected chi connectivity index (χ2v) is 19.2. The second-order valence-electron chi connectivity index (χ2n) is 19.2. The van der Waals surface area contributed by atoms with Crippen molar-refractivity contribution in [2.45, 2.75) is 246 Å². The lowest BCUT2D eigenvalue weighted by Gasteiger charge is -2.31. The van der Waals surface area contributed by atoms with Gasteiger partial charge in [-0.25, -0.2) is 4.79 Å². The van der Waals surface area contributed by atoms with Crippen LogP contribution in [0.4, 0.5) is 4.79 Å². The second kappa shape index (κ2) is 47.4. The Morgan fingerprint density at radius 3 is 1.61 bits per heavy atom. The Hall–Kier alpha value is -2.96. The lowest BCUT2D eigenvalue weighted by atomic mass is 9.92. The summed E-state index contributed by atoms with van der Waals surface area (Å²) in [6.07, 6.45) is 34.8. The predicted molar refractivity (Wildman–Crippen MR) is 278 cm³/mol. The molecule has 0 radical (unpaired) electrons. The van der Waals surface area contributed by atoms with Gasteiger partial charge in [0.15, 0.2) is 6.29 Å². The molecule has 0 aliphatic carbocycles. The monoisotopic (exact) mass is 978 g/mol. The van der Waals surface area contributed by atoms with E-state index in [1.54, 1.807) is 0 Å². The molecule has 0 aromatic carbocycles. The first-order valence-electron chi connectivity index (χ1n) is 28.3. The molecule has 1 fully saturated rings. The molecule has 12 nitrogen and oxygen atoms in total. The number of unbranched alkanes of at least 4 members (excludes halogenated alkanes) is 11. The zero-order valence-electron chi connectivity index (χ0n) is 44.8. The van der Waals surface area contributed by atoms with Crippen molar-refractivity contribution in [2.24, 2.45) is 11.8 Å². The maximum absolute atomic E-state index is 12.9. The van der Waals surface area contributed by atoms with Crippen LogP contribution in [0.1, 0.15) is 234 Å². The fourth-order valence-electron chi connectivity index (χ4n) is 8.61. The van der Waals surface area contributed by atoms with Crippen LogP contribution in [0.5, 0.6) is 0 Å². The van der Waals surface area contributed by atoms with E-state index in [0.717, 1.165) is 110 Å². The molecule has 0 amide bonds. The maximum atomic E-state index is 12.9. The summed E-state index contributed by atoms with van der Waals surface area (Å²) in [6, 6.07) is 0. The van der Waals surface area contributed by atoms with E-state index in [9.17, 15) is 19.2 Å². The Bertz CT molecular complexity index is 1260. The van der Waals surface area contributed by atoms with Crippen molar-refractivity contribution in [3.63, 3.8) is 0 Å². The number of hydrogen-bond acceptors (Lipinski definition) is 12. The van der Waals surface area contributed by atoms with Crippen LogP contribution in [0, 0.1) is 11.8 Å². The third-order valence-electron chi connectivity index (χ3n) is 12.9. The lowest BCUT2D eigenvalue weighted by molar-refractivity contribution is -0.159. The number of nitrogens with zero attached hydrogens (tertiary/aromatic N) is 1. The number of rotatable bonds is 47. The maximum Gasteiger partial charge on any atom is 0.508 e. The van der Waals surface area contributed by atoms with Gasteiger partial charge in [0.05, 0.1) is 32.8 Å². The van der Waals surface area contributed by atoms with Crippen LogP contribution in [-0.4, -0.2) is 101 Å². The first-order chi connectivity index (χ1) is 33.7. The van der Waals surface area contributed by atoms with Crippen LogP contribution in [0.3, 0.4) is 0 Å². The van der Waals surface area contributed by atoms with Gasteiger partial charge >= 0.3 is 24.1 Å². The molecule has 1 saturated heterocycles. The minimum atomic E-state index is -0.694. The van der Waals surface area contributed by atoms with E-state index in [2.05, 4.69) is 63.8 Å². The molecule has 12 heteroatoms. The molecule has 0 bridgehead atoms. The summed E-state index contributed by atoms with van der Waals surface area (Å²) in [7, 11) is 0. The van der Waals surface area contributed by atoms with Gasteiger partial charge in [-0.15, -0.1) is 0 Å². The fraction of sp³-hybridized carbons (Fsp3) is 0.860. The van der Waals surface area contributed by atoms with Gasteiger partial charge in [-0.3, -0.25) is 14.4 Å². The van der Waals surface area contributed by atoms with E-state index in [1.165, 1.54) is 51.4 Å². The standard InChI is InChI=1S/C57H103NO11/c1-6-11-15-17-21-27-43-66-56(67-44-28-22-18-16-12-7-2)40-39-55(61)64-46-31-36-52(69-57(62)68-49-51-34-29-42-58(10-5)48-51)35-30-45-63-53(59)37-25-19-20-26-38-54(60)65-47-41-50(32-23-13-8-3)33-24-14-9-4/h11-12,15-16,50-52,56H,6-10,13-14,17-49H2,1-5H3/b15-11-,16-12-. The highest BCUT2D eigenvalue weighted by Crippen LogP contribution is 2.22. The van der Waals surface area contributed by atoms with Crippen LogP contribution in [-0.2, 0) is 47.5 Å². The van der Waals surface area contributed by atoms with Crippen molar-refractivity contribution >= 4 is 24.1 Å². The Labute approximate surface area is 421 Å². The molecule has 1 aliphatic heterocycles. The molecule has 402 valence electrons. The summed E-state index contributed by atoms with van der Waals surface area (Å²) in [5.74, 6) is 0.242. The normalized spacial score (nSPS) is 14.8. The Morgan fingerprint density at radius 1 is 0.522 bits per heavy atom. The Balaban J connectivity index is 2.49. The zero-order valence-corrected chi connectivity index (χ0v) is 44.8. The van der Waals surface area contributed by atoms with E-state index < -0.39 is 18.5 Å². The highest BCUT2D eigenvalue weighted by atomic mass is 16.7. The molecule has 2 unspecified atom stereocenters. The minimum absolute atomic E-state index is 0.121. The van der Waals surface area contributed by atoms with E-state index in [4.69, 9.17) is 33.2 Å². The van der Waals surface area contributed by atoms with Crippen molar-refractivity contribution in [2.75, 3.05) is 59.3 Å². The average molecular weight is 978 g/mol. The molecule has 0 N–H and O–H groups in total. The summed E-state index contributed by atoms with van der Waals surface area (Å²) in [5, 5.41) is 0. The number of ether oxygens (including phenoxy) is 7. The van der Waals surface area contributed by atoms with Crippen molar-refractivity contribution in [1.29, 1.82) is 0 Å². The third kappa shape index (κ3) is 40.3. The molecule has 2 atom stereocenters. The van der Waals surface area contributed by atoms with E-state index in [0.29, 0.717) is 83.7 Å². The molecule has 0 aromatic rings. The largest absolute Gasteiger partial charge is 0.508 e. The molecule has 0 aromatic heterocycles. The summed E-state index contributed by atoms with van der Waals surface area (Å²) >= 11 is 0. The smallest absolute Gasteiger partial charge is 0.466 e. The van der Waals surface area contributed by atoms with Gasteiger partial charge in [0.2, 0.25) is 0 Å². The molecule has 1 aliphatic rings. The number of carbonyl (C=O) groups is 4. The van der Waals surface area contributed by atoms with Gasteiger partial charge in [-0.05, 0) is 128 Å². The number of allylic oxidation sites excluding steroid dienone is 4. The molecule has 69 heavy (non-hydrogen) atoms. The van der Waals surface area contributed by atoms with Crippen molar-refractivity contribution in [1.82, 2.24) is 4.90 Å². The Morgan fingerprint density at radius 2 is 1.07 bits per heavy atom. The van der Waals surface area contributed by atoms with Crippen LogP contribution in [0.15, 0.2) is 24.3 Å². The molecule has 1 rings (SSSR count). The number of esters is 3. The SMILES string of the molecule is CC/C=C\CCCCOC(CCC(=O)OCCCC(CCCOC(=O)CCCCCCC(=O)OCCC(CCCCC)CCCCC)OC(=O)OCC1CCCN(CC)C1)OCCCC/C=C\CC. The first kappa shape index (κ1) is 64.1.